The Labute approximate surface area is 335 Å². The first-order valence-corrected chi connectivity index (χ1v) is 22.9. The van der Waals surface area contributed by atoms with Crippen LogP contribution in [0.15, 0.2) is 48.6 Å². The lowest BCUT2D eigenvalue weighted by atomic mass is 10.1. The normalized spacial score (nSPS) is 17.8. The van der Waals surface area contributed by atoms with Gasteiger partial charge in [0, 0.05) is 12.8 Å². The molecule has 10 nitrogen and oxygen atoms in total. The first kappa shape index (κ1) is 50.9. The van der Waals surface area contributed by atoms with Crippen molar-refractivity contribution in [2.24, 2.45) is 0 Å². The summed E-state index contributed by atoms with van der Waals surface area (Å²) < 4.78 is 39.6. The minimum atomic E-state index is -4.64. The van der Waals surface area contributed by atoms with Gasteiger partial charge in [0.25, 0.3) is 7.82 Å². The van der Waals surface area contributed by atoms with Crippen LogP contribution in [-0.4, -0.2) is 82.2 Å². The maximum absolute atomic E-state index is 12.7. The Morgan fingerprint density at radius 3 is 1.91 bits per heavy atom. The predicted molar refractivity (Wildman–Crippen MR) is 221 cm³/mol. The summed E-state index contributed by atoms with van der Waals surface area (Å²) in [5.74, 6) is -0.880. The fraction of sp³-hybridized carbons (Fsp3) is 0.773. The molecule has 1 heterocycles. The van der Waals surface area contributed by atoms with Crippen LogP contribution in [0.4, 0.5) is 0 Å². The van der Waals surface area contributed by atoms with Crippen molar-refractivity contribution in [2.45, 2.75) is 173 Å². The van der Waals surface area contributed by atoms with Crippen molar-refractivity contribution in [3.63, 3.8) is 0 Å². The van der Waals surface area contributed by atoms with Crippen LogP contribution in [0.5, 0.6) is 0 Å². The van der Waals surface area contributed by atoms with Gasteiger partial charge in [-0.2, -0.15) is 0 Å². The zero-order valence-corrected chi connectivity index (χ0v) is 36.2. The lowest BCUT2D eigenvalue weighted by Crippen LogP contribution is -2.37. The van der Waals surface area contributed by atoms with E-state index in [1.807, 2.05) is 21.1 Å². The van der Waals surface area contributed by atoms with Crippen molar-refractivity contribution in [2.75, 3.05) is 47.5 Å². The Bertz CT molecular complexity index is 1150. The number of allylic oxidation sites excluding steroid dienone is 7. The van der Waals surface area contributed by atoms with Gasteiger partial charge in [0.05, 0.1) is 40.0 Å². The monoisotopic (exact) mass is 796 g/mol. The smallest absolute Gasteiger partial charge is 0.306 e. The highest BCUT2D eigenvalue weighted by molar-refractivity contribution is 7.45. The summed E-state index contributed by atoms with van der Waals surface area (Å²) in [6, 6.07) is 0. The molecule has 11 heteroatoms. The van der Waals surface area contributed by atoms with Crippen LogP contribution in [-0.2, 0) is 37.4 Å². The Morgan fingerprint density at radius 1 is 0.691 bits per heavy atom. The minimum absolute atomic E-state index is 0.0409. The Kier molecular flexibility index (Phi) is 30.5. The van der Waals surface area contributed by atoms with Crippen molar-refractivity contribution in [1.29, 1.82) is 0 Å². The third-order valence-corrected chi connectivity index (χ3v) is 10.2. The zero-order valence-electron chi connectivity index (χ0n) is 35.3. The number of nitrogens with zero attached hydrogens (tertiary/aromatic N) is 1. The van der Waals surface area contributed by atoms with Crippen molar-refractivity contribution in [1.82, 2.24) is 0 Å². The molecule has 1 rings (SSSR count). The molecule has 318 valence electrons. The number of unbranched alkanes of at least 4 members (excludes halogenated alkanes) is 12. The molecule has 1 fully saturated rings. The Balaban J connectivity index is 2.31. The van der Waals surface area contributed by atoms with Gasteiger partial charge in [-0.1, -0.05) is 120 Å². The molecule has 0 spiro atoms. The Hall–Kier alpha value is -2.07. The van der Waals surface area contributed by atoms with Gasteiger partial charge in [-0.25, -0.2) is 0 Å². The van der Waals surface area contributed by atoms with Crippen LogP contribution in [0.25, 0.3) is 0 Å². The number of esters is 2. The number of carbonyl (C=O) groups is 2. The van der Waals surface area contributed by atoms with E-state index in [4.69, 9.17) is 23.3 Å². The van der Waals surface area contributed by atoms with Crippen LogP contribution in [0, 0.1) is 0 Å². The molecule has 55 heavy (non-hydrogen) atoms. The predicted octanol–water partition coefficient (Wildman–Crippen LogP) is 10.3. The molecule has 0 aromatic rings. The summed E-state index contributed by atoms with van der Waals surface area (Å²) in [4.78, 5) is 37.5. The summed E-state index contributed by atoms with van der Waals surface area (Å²) >= 11 is 0. The van der Waals surface area contributed by atoms with Gasteiger partial charge in [0.2, 0.25) is 0 Å². The van der Waals surface area contributed by atoms with Crippen molar-refractivity contribution < 1.29 is 46.8 Å². The molecule has 0 saturated carbocycles. The van der Waals surface area contributed by atoms with E-state index >= 15 is 0 Å². The van der Waals surface area contributed by atoms with Gasteiger partial charge in [-0.3, -0.25) is 14.2 Å². The molecular formula is C44H78NO9P. The lowest BCUT2D eigenvalue weighted by Gasteiger charge is -2.28. The van der Waals surface area contributed by atoms with Gasteiger partial charge in [0.1, 0.15) is 19.8 Å². The number of rotatable bonds is 37. The SMILES string of the molecule is CC/C=C\C/C=C\C/C=C\CCCCCCCC(=O)OC[C@H](COP(=O)([O-])OCC[N+](C)(C)C)OC(=O)CCCCCCC/C=C\CC1OC1CCCCC. The summed E-state index contributed by atoms with van der Waals surface area (Å²) in [5, 5.41) is 0. The Morgan fingerprint density at radius 2 is 1.27 bits per heavy atom. The van der Waals surface area contributed by atoms with Gasteiger partial charge in [0.15, 0.2) is 6.10 Å². The number of phosphoric ester groups is 1. The van der Waals surface area contributed by atoms with Gasteiger partial charge >= 0.3 is 11.9 Å². The maximum atomic E-state index is 12.7. The molecule has 0 radical (unpaired) electrons. The number of ether oxygens (including phenoxy) is 3. The molecule has 0 aromatic heterocycles. The van der Waals surface area contributed by atoms with Gasteiger partial charge < -0.3 is 32.6 Å². The summed E-state index contributed by atoms with van der Waals surface area (Å²) in [5.41, 5.74) is 0. The van der Waals surface area contributed by atoms with E-state index in [9.17, 15) is 19.0 Å². The van der Waals surface area contributed by atoms with Crippen molar-refractivity contribution >= 4 is 19.8 Å². The molecule has 0 amide bonds. The topological polar surface area (TPSA) is 124 Å². The molecule has 1 aliphatic rings. The lowest BCUT2D eigenvalue weighted by molar-refractivity contribution is -0.870. The molecule has 0 N–H and O–H groups in total. The number of hydrogen-bond acceptors (Lipinski definition) is 9. The average Bonchev–Trinajstić information content (AvgIpc) is 3.89. The number of quaternary nitrogens is 1. The minimum Gasteiger partial charge on any atom is -0.756 e. The largest absolute Gasteiger partial charge is 0.756 e. The highest BCUT2D eigenvalue weighted by Gasteiger charge is 2.36. The van der Waals surface area contributed by atoms with Crippen LogP contribution < -0.4 is 4.89 Å². The van der Waals surface area contributed by atoms with Crippen LogP contribution in [0.1, 0.15) is 155 Å². The first-order valence-electron chi connectivity index (χ1n) is 21.5. The molecule has 0 bridgehead atoms. The van der Waals surface area contributed by atoms with Crippen molar-refractivity contribution in [3.8, 4) is 0 Å². The molecule has 3 unspecified atom stereocenters. The number of hydrogen-bond donors (Lipinski definition) is 0. The van der Waals surface area contributed by atoms with E-state index in [-0.39, 0.29) is 26.1 Å². The fourth-order valence-electron chi connectivity index (χ4n) is 5.79. The number of epoxide rings is 1. The highest BCUT2D eigenvalue weighted by Crippen LogP contribution is 2.38. The highest BCUT2D eigenvalue weighted by atomic mass is 31.2. The second-order valence-corrected chi connectivity index (χ2v) is 17.1. The van der Waals surface area contributed by atoms with Crippen molar-refractivity contribution in [3.05, 3.63) is 48.6 Å². The van der Waals surface area contributed by atoms with E-state index < -0.39 is 32.5 Å². The van der Waals surface area contributed by atoms with Crippen LogP contribution in [0.3, 0.4) is 0 Å². The van der Waals surface area contributed by atoms with E-state index in [1.165, 1.54) is 25.7 Å². The standard InChI is InChI=1S/C44H78NO9P/c1-6-8-10-11-12-13-14-15-16-17-18-19-23-26-30-34-43(46)50-38-40(39-52-55(48,49)51-37-36-45(3,4)5)53-44(47)35-31-27-24-21-20-22-25-29-33-42-41(54-42)32-28-9-7-2/h8,10,12-13,15-16,25,29,40-42H,6-7,9,11,14,17-24,26-28,30-39H2,1-5H3/b10-8-,13-12-,16-15-,29-25-/t40-,41?,42?/m1/s1. The average molecular weight is 796 g/mol. The second-order valence-electron chi connectivity index (χ2n) is 15.7. The van der Waals surface area contributed by atoms with E-state index in [2.05, 4.69) is 62.5 Å². The van der Waals surface area contributed by atoms with Crippen LogP contribution >= 0.6 is 7.82 Å². The number of carbonyl (C=O) groups excluding carboxylic acids is 2. The maximum Gasteiger partial charge on any atom is 0.306 e. The van der Waals surface area contributed by atoms with Crippen LogP contribution in [0.2, 0.25) is 0 Å². The molecule has 4 atom stereocenters. The molecule has 0 aliphatic carbocycles. The second kappa shape index (κ2) is 33.0. The fourth-order valence-corrected chi connectivity index (χ4v) is 6.52. The summed E-state index contributed by atoms with van der Waals surface area (Å²) in [7, 11) is 1.13. The third kappa shape index (κ3) is 33.8. The molecular weight excluding hydrogens is 717 g/mol. The quantitative estimate of drug-likeness (QED) is 0.0151. The number of likely N-dealkylation sites (N-methyl/N-ethyl adjacent to an activating group) is 1. The molecule has 1 saturated heterocycles. The first-order chi connectivity index (χ1) is 26.5. The molecule has 0 aromatic carbocycles. The zero-order chi connectivity index (χ0) is 40.5. The number of phosphoric acid groups is 1. The molecule has 1 aliphatic heterocycles. The third-order valence-electron chi connectivity index (χ3n) is 9.26. The van der Waals surface area contributed by atoms with E-state index in [1.54, 1.807) is 0 Å². The van der Waals surface area contributed by atoms with E-state index in [0.29, 0.717) is 36.1 Å². The summed E-state index contributed by atoms with van der Waals surface area (Å²) in [6.45, 7) is 4.02. The van der Waals surface area contributed by atoms with Gasteiger partial charge in [-0.05, 0) is 70.6 Å². The van der Waals surface area contributed by atoms with Gasteiger partial charge in [-0.15, -0.1) is 0 Å². The van der Waals surface area contributed by atoms with E-state index in [0.717, 1.165) is 89.9 Å². The summed E-state index contributed by atoms with van der Waals surface area (Å²) in [6.07, 6.45) is 38.8.